The van der Waals surface area contributed by atoms with Crippen molar-refractivity contribution in [1.29, 1.82) is 0 Å². The molecular formula is C13H15F2NO4S. The van der Waals surface area contributed by atoms with Crippen molar-refractivity contribution < 1.29 is 27.1 Å². The van der Waals surface area contributed by atoms with Gasteiger partial charge in [-0.2, -0.15) is 0 Å². The van der Waals surface area contributed by atoms with Crippen LogP contribution in [-0.4, -0.2) is 26.0 Å². The molecule has 1 aliphatic rings. The lowest BCUT2D eigenvalue weighted by atomic mass is 9.67. The number of sulfonamides is 1. The number of carbonyl (C=O) groups is 1. The minimum Gasteiger partial charge on any atom is -0.481 e. The van der Waals surface area contributed by atoms with Gasteiger partial charge in [0.2, 0.25) is 10.0 Å². The molecule has 0 aromatic heterocycles. The van der Waals surface area contributed by atoms with Gasteiger partial charge in [0.05, 0.1) is 6.42 Å². The van der Waals surface area contributed by atoms with Crippen molar-refractivity contribution in [1.82, 2.24) is 4.72 Å². The Labute approximate surface area is 121 Å². The molecule has 0 unspecified atom stereocenters. The van der Waals surface area contributed by atoms with Gasteiger partial charge in [-0.05, 0) is 30.4 Å². The number of carboxylic acid groups (broad SMARTS) is 1. The van der Waals surface area contributed by atoms with Crippen LogP contribution in [0.4, 0.5) is 8.78 Å². The molecule has 1 fully saturated rings. The van der Waals surface area contributed by atoms with E-state index in [1.807, 2.05) is 0 Å². The van der Waals surface area contributed by atoms with E-state index in [1.54, 1.807) is 0 Å². The first-order chi connectivity index (χ1) is 9.74. The average Bonchev–Trinajstić information content (AvgIpc) is 2.31. The van der Waals surface area contributed by atoms with Gasteiger partial charge in [0.25, 0.3) is 0 Å². The molecule has 8 heteroatoms. The zero-order valence-corrected chi connectivity index (χ0v) is 11.9. The Balaban J connectivity index is 2.12. The van der Waals surface area contributed by atoms with E-state index < -0.39 is 37.9 Å². The number of carboxylic acids is 1. The van der Waals surface area contributed by atoms with Gasteiger partial charge in [0.1, 0.15) is 16.5 Å². The Morgan fingerprint density at radius 2 is 2.00 bits per heavy atom. The van der Waals surface area contributed by atoms with E-state index in [2.05, 4.69) is 4.72 Å². The lowest BCUT2D eigenvalue weighted by molar-refractivity contribution is -0.141. The Hall–Kier alpha value is -1.54. The van der Waals surface area contributed by atoms with E-state index in [9.17, 15) is 22.0 Å². The highest BCUT2D eigenvalue weighted by Crippen LogP contribution is 2.43. The van der Waals surface area contributed by atoms with Crippen LogP contribution < -0.4 is 4.72 Å². The van der Waals surface area contributed by atoms with Crippen LogP contribution in [0.25, 0.3) is 0 Å². The third kappa shape index (κ3) is 3.56. The molecule has 1 saturated carbocycles. The monoisotopic (exact) mass is 319 g/mol. The SMILES string of the molecule is O=C(O)CC1(CNS(=O)(=O)c2ccc(F)cc2F)CCC1. The Morgan fingerprint density at radius 1 is 1.33 bits per heavy atom. The normalized spacial score (nSPS) is 17.2. The molecule has 0 atom stereocenters. The van der Waals surface area contributed by atoms with Gasteiger partial charge in [-0.25, -0.2) is 21.9 Å². The number of aliphatic carboxylic acids is 1. The van der Waals surface area contributed by atoms with Crippen LogP contribution in [0, 0.1) is 17.0 Å². The summed E-state index contributed by atoms with van der Waals surface area (Å²) in [5.74, 6) is -3.04. The van der Waals surface area contributed by atoms with Crippen LogP contribution in [0.5, 0.6) is 0 Å². The van der Waals surface area contributed by atoms with Gasteiger partial charge in [0, 0.05) is 12.6 Å². The van der Waals surface area contributed by atoms with Crippen LogP contribution in [0.3, 0.4) is 0 Å². The van der Waals surface area contributed by atoms with Crippen molar-refractivity contribution in [2.45, 2.75) is 30.6 Å². The van der Waals surface area contributed by atoms with E-state index in [0.29, 0.717) is 18.9 Å². The van der Waals surface area contributed by atoms with Gasteiger partial charge >= 0.3 is 5.97 Å². The van der Waals surface area contributed by atoms with Crippen LogP contribution in [0.1, 0.15) is 25.7 Å². The van der Waals surface area contributed by atoms with Gasteiger partial charge in [-0.3, -0.25) is 4.79 Å². The maximum absolute atomic E-state index is 13.5. The maximum atomic E-state index is 13.5. The molecule has 2 N–H and O–H groups in total. The number of nitrogens with one attached hydrogen (secondary N) is 1. The maximum Gasteiger partial charge on any atom is 0.303 e. The second-order valence-electron chi connectivity index (χ2n) is 5.32. The standard InChI is InChI=1S/C13H15F2NO4S/c14-9-2-3-11(10(15)6-9)21(19,20)16-8-13(4-1-5-13)7-12(17)18/h2-3,6,16H,1,4-5,7-8H2,(H,17,18). The van der Waals surface area contributed by atoms with Crippen molar-refractivity contribution in [3.8, 4) is 0 Å². The molecular weight excluding hydrogens is 304 g/mol. The minimum atomic E-state index is -4.14. The first kappa shape index (κ1) is 15.8. The van der Waals surface area contributed by atoms with Crippen molar-refractivity contribution >= 4 is 16.0 Å². The van der Waals surface area contributed by atoms with Crippen molar-refractivity contribution in [3.63, 3.8) is 0 Å². The summed E-state index contributed by atoms with van der Waals surface area (Å²) in [5.41, 5.74) is -0.616. The number of rotatable bonds is 6. The number of halogens is 2. The zero-order valence-electron chi connectivity index (χ0n) is 11.1. The third-order valence-electron chi connectivity index (χ3n) is 3.76. The molecule has 1 aromatic carbocycles. The minimum absolute atomic E-state index is 0.0710. The summed E-state index contributed by atoms with van der Waals surface area (Å²) in [6.07, 6.45) is 1.91. The summed E-state index contributed by atoms with van der Waals surface area (Å²) in [6, 6.07) is 2.19. The fourth-order valence-corrected chi connectivity index (χ4v) is 3.65. The summed E-state index contributed by atoms with van der Waals surface area (Å²) in [6.45, 7) is -0.0710. The van der Waals surface area contributed by atoms with Crippen molar-refractivity contribution in [2.24, 2.45) is 5.41 Å². The van der Waals surface area contributed by atoms with Crippen molar-refractivity contribution in [3.05, 3.63) is 29.8 Å². The summed E-state index contributed by atoms with van der Waals surface area (Å²) in [5, 5.41) is 8.86. The molecule has 1 aromatic rings. The van der Waals surface area contributed by atoms with Crippen LogP contribution in [0.15, 0.2) is 23.1 Å². The van der Waals surface area contributed by atoms with E-state index in [0.717, 1.165) is 18.6 Å². The topological polar surface area (TPSA) is 83.5 Å². The van der Waals surface area contributed by atoms with E-state index >= 15 is 0 Å². The second-order valence-corrected chi connectivity index (χ2v) is 7.06. The summed E-state index contributed by atoms with van der Waals surface area (Å²) in [4.78, 5) is 10.2. The molecule has 0 heterocycles. The average molecular weight is 319 g/mol. The Bertz CT molecular complexity index is 656. The number of benzene rings is 1. The van der Waals surface area contributed by atoms with Crippen LogP contribution in [-0.2, 0) is 14.8 Å². The molecule has 21 heavy (non-hydrogen) atoms. The molecule has 1 aliphatic carbocycles. The van der Waals surface area contributed by atoms with E-state index in [-0.39, 0.29) is 13.0 Å². The predicted molar refractivity (Wildman–Crippen MR) is 70.1 cm³/mol. The van der Waals surface area contributed by atoms with Gasteiger partial charge < -0.3 is 5.11 Å². The first-order valence-corrected chi connectivity index (χ1v) is 7.89. The molecule has 0 amide bonds. The lowest BCUT2D eigenvalue weighted by Gasteiger charge is -2.40. The molecule has 116 valence electrons. The largest absolute Gasteiger partial charge is 0.481 e. The molecule has 2 rings (SSSR count). The van der Waals surface area contributed by atoms with Crippen molar-refractivity contribution in [2.75, 3.05) is 6.54 Å². The summed E-state index contributed by atoms with van der Waals surface area (Å²) < 4.78 is 52.6. The quantitative estimate of drug-likeness (QED) is 0.839. The molecule has 0 spiro atoms. The molecule has 0 radical (unpaired) electrons. The molecule has 0 bridgehead atoms. The van der Waals surface area contributed by atoms with Gasteiger partial charge in [0.15, 0.2) is 0 Å². The Kier molecular flexibility index (Phi) is 4.29. The highest BCUT2D eigenvalue weighted by molar-refractivity contribution is 7.89. The highest BCUT2D eigenvalue weighted by atomic mass is 32.2. The van der Waals surface area contributed by atoms with Crippen LogP contribution in [0.2, 0.25) is 0 Å². The lowest BCUT2D eigenvalue weighted by Crippen LogP contribution is -2.43. The number of hydrogen-bond donors (Lipinski definition) is 2. The van der Waals surface area contributed by atoms with E-state index in [4.69, 9.17) is 5.11 Å². The van der Waals surface area contributed by atoms with Crippen LogP contribution >= 0.6 is 0 Å². The third-order valence-corrected chi connectivity index (χ3v) is 5.20. The molecule has 0 saturated heterocycles. The summed E-state index contributed by atoms with van der Waals surface area (Å²) >= 11 is 0. The fourth-order valence-electron chi connectivity index (χ4n) is 2.43. The highest BCUT2D eigenvalue weighted by Gasteiger charge is 2.40. The zero-order chi connectivity index (χ0) is 15.7. The second kappa shape index (κ2) is 5.69. The van der Waals surface area contributed by atoms with E-state index in [1.165, 1.54) is 0 Å². The predicted octanol–water partition coefficient (Wildman–Crippen LogP) is 1.89. The molecule has 5 nitrogen and oxygen atoms in total. The smallest absolute Gasteiger partial charge is 0.303 e. The summed E-state index contributed by atoms with van der Waals surface area (Å²) in [7, 11) is -4.14. The first-order valence-electron chi connectivity index (χ1n) is 6.41. The van der Waals surface area contributed by atoms with Gasteiger partial charge in [-0.1, -0.05) is 6.42 Å². The fraction of sp³-hybridized carbons (Fsp3) is 0.462. The number of hydrogen-bond acceptors (Lipinski definition) is 3. The van der Waals surface area contributed by atoms with Gasteiger partial charge in [-0.15, -0.1) is 0 Å². The molecule has 0 aliphatic heterocycles. The Morgan fingerprint density at radius 3 is 2.48 bits per heavy atom.